The van der Waals surface area contributed by atoms with Crippen LogP contribution in [0.5, 0.6) is 0 Å². The van der Waals surface area contributed by atoms with Gasteiger partial charge < -0.3 is 5.32 Å². The van der Waals surface area contributed by atoms with Gasteiger partial charge in [0.25, 0.3) is 0 Å². The van der Waals surface area contributed by atoms with Crippen LogP contribution in [0, 0.1) is 5.92 Å². The summed E-state index contributed by atoms with van der Waals surface area (Å²) in [6.45, 7) is 10.3. The van der Waals surface area contributed by atoms with Crippen molar-refractivity contribution >= 4 is 0 Å². The van der Waals surface area contributed by atoms with E-state index in [1.807, 2.05) is 0 Å². The maximum absolute atomic E-state index is 3.73. The zero-order valence-electron chi connectivity index (χ0n) is 13.7. The zero-order chi connectivity index (χ0) is 14.6. The van der Waals surface area contributed by atoms with Crippen molar-refractivity contribution in [3.8, 4) is 0 Å². The van der Waals surface area contributed by atoms with Crippen LogP contribution >= 0.6 is 0 Å². The van der Waals surface area contributed by atoms with Crippen molar-refractivity contribution in [1.29, 1.82) is 0 Å². The maximum atomic E-state index is 3.73. The van der Waals surface area contributed by atoms with E-state index in [9.17, 15) is 0 Å². The average molecular weight is 273 g/mol. The van der Waals surface area contributed by atoms with Gasteiger partial charge in [0, 0.05) is 6.04 Å². The highest BCUT2D eigenvalue weighted by Crippen LogP contribution is 2.38. The first-order chi connectivity index (χ1) is 9.56. The molecule has 1 aliphatic rings. The monoisotopic (exact) mass is 273 g/mol. The molecule has 1 heteroatoms. The lowest BCUT2D eigenvalue weighted by molar-refractivity contribution is 0.472. The number of rotatable bonds is 8. The molecule has 1 saturated carbocycles. The molecule has 0 spiro atoms. The van der Waals surface area contributed by atoms with Gasteiger partial charge in [0.15, 0.2) is 0 Å². The largest absolute Gasteiger partial charge is 0.310 e. The Hall–Kier alpha value is -0.820. The summed E-state index contributed by atoms with van der Waals surface area (Å²) < 4.78 is 0. The molecule has 1 unspecified atom stereocenters. The fourth-order valence-corrected chi connectivity index (χ4v) is 2.71. The quantitative estimate of drug-likeness (QED) is 0.685. The second-order valence-corrected chi connectivity index (χ2v) is 7.05. The van der Waals surface area contributed by atoms with Crippen molar-refractivity contribution in [2.75, 3.05) is 6.54 Å². The van der Waals surface area contributed by atoms with E-state index >= 15 is 0 Å². The van der Waals surface area contributed by atoms with E-state index in [-0.39, 0.29) is 0 Å². The molecule has 0 radical (unpaired) electrons. The summed E-state index contributed by atoms with van der Waals surface area (Å²) in [4.78, 5) is 0. The molecule has 1 fully saturated rings. The van der Waals surface area contributed by atoms with Gasteiger partial charge in [-0.2, -0.15) is 0 Å². The molecule has 1 nitrogen and oxygen atoms in total. The first kappa shape index (κ1) is 15.6. The Bertz CT molecular complexity index is 400. The number of benzene rings is 1. The van der Waals surface area contributed by atoms with Crippen molar-refractivity contribution in [1.82, 2.24) is 5.32 Å². The van der Waals surface area contributed by atoms with Crippen LogP contribution in [-0.2, 0) is 5.41 Å². The maximum Gasteiger partial charge on any atom is 0.0322 e. The SMILES string of the molecule is CCCNC(CC1CC1)c1ccc(C(C)(C)CC)cc1. The van der Waals surface area contributed by atoms with Crippen LogP contribution in [0.3, 0.4) is 0 Å². The highest BCUT2D eigenvalue weighted by Gasteiger charge is 2.26. The van der Waals surface area contributed by atoms with Gasteiger partial charge in [-0.15, -0.1) is 0 Å². The minimum Gasteiger partial charge on any atom is -0.310 e. The molecule has 1 aromatic carbocycles. The molecule has 0 saturated heterocycles. The van der Waals surface area contributed by atoms with Gasteiger partial charge in [0.2, 0.25) is 0 Å². The predicted octanol–water partition coefficient (Wildman–Crippen LogP) is 5.22. The minimum atomic E-state index is 0.293. The van der Waals surface area contributed by atoms with Crippen LogP contribution in [-0.4, -0.2) is 6.54 Å². The molecule has 1 atom stereocenters. The fourth-order valence-electron chi connectivity index (χ4n) is 2.71. The van der Waals surface area contributed by atoms with E-state index in [2.05, 4.69) is 57.3 Å². The minimum absolute atomic E-state index is 0.293. The normalized spacial score (nSPS) is 17.2. The summed E-state index contributed by atoms with van der Waals surface area (Å²) in [7, 11) is 0. The van der Waals surface area contributed by atoms with Crippen LogP contribution in [0.2, 0.25) is 0 Å². The third-order valence-electron chi connectivity index (χ3n) is 4.89. The van der Waals surface area contributed by atoms with E-state index in [1.165, 1.54) is 43.2 Å². The standard InChI is InChI=1S/C19H31N/c1-5-13-20-18(14-15-7-8-15)16-9-11-17(12-10-16)19(3,4)6-2/h9-12,15,18,20H,5-8,13-14H2,1-4H3. The number of hydrogen-bond acceptors (Lipinski definition) is 1. The predicted molar refractivity (Wildman–Crippen MR) is 88.1 cm³/mol. The third-order valence-corrected chi connectivity index (χ3v) is 4.89. The molecule has 112 valence electrons. The molecule has 20 heavy (non-hydrogen) atoms. The summed E-state index contributed by atoms with van der Waals surface area (Å²) >= 11 is 0. The van der Waals surface area contributed by atoms with Gasteiger partial charge >= 0.3 is 0 Å². The Labute approximate surface area is 125 Å². The summed E-state index contributed by atoms with van der Waals surface area (Å²) in [5.74, 6) is 0.969. The van der Waals surface area contributed by atoms with E-state index in [1.54, 1.807) is 0 Å². The summed E-state index contributed by atoms with van der Waals surface area (Å²) in [5, 5.41) is 3.73. The fraction of sp³-hybridized carbons (Fsp3) is 0.684. The first-order valence-electron chi connectivity index (χ1n) is 8.40. The van der Waals surface area contributed by atoms with E-state index in [0.29, 0.717) is 11.5 Å². The van der Waals surface area contributed by atoms with Crippen molar-refractivity contribution in [3.63, 3.8) is 0 Å². The highest BCUT2D eigenvalue weighted by molar-refractivity contribution is 5.29. The number of hydrogen-bond donors (Lipinski definition) is 1. The van der Waals surface area contributed by atoms with Crippen LogP contribution in [0.1, 0.15) is 77.0 Å². The van der Waals surface area contributed by atoms with Gasteiger partial charge in [0.1, 0.15) is 0 Å². The van der Waals surface area contributed by atoms with Crippen molar-refractivity contribution < 1.29 is 0 Å². The Balaban J connectivity index is 2.08. The smallest absolute Gasteiger partial charge is 0.0322 e. The van der Waals surface area contributed by atoms with Gasteiger partial charge in [0.05, 0.1) is 0 Å². The van der Waals surface area contributed by atoms with Crippen LogP contribution in [0.25, 0.3) is 0 Å². The average Bonchev–Trinajstić information content (AvgIpc) is 3.27. The van der Waals surface area contributed by atoms with E-state index in [0.717, 1.165) is 12.5 Å². The molecule has 0 aromatic heterocycles. The van der Waals surface area contributed by atoms with Crippen LogP contribution in [0.4, 0.5) is 0 Å². The lowest BCUT2D eigenvalue weighted by Gasteiger charge is -2.25. The molecule has 2 rings (SSSR count). The molecule has 0 bridgehead atoms. The molecular formula is C19H31N. The third kappa shape index (κ3) is 4.09. The lowest BCUT2D eigenvalue weighted by atomic mass is 9.81. The van der Waals surface area contributed by atoms with Crippen molar-refractivity contribution in [2.45, 2.75) is 71.3 Å². The second-order valence-electron chi connectivity index (χ2n) is 7.05. The molecule has 1 aromatic rings. The lowest BCUT2D eigenvalue weighted by Crippen LogP contribution is -2.23. The zero-order valence-corrected chi connectivity index (χ0v) is 13.7. The number of nitrogens with one attached hydrogen (secondary N) is 1. The summed E-state index contributed by atoms with van der Waals surface area (Å²) in [5.41, 5.74) is 3.23. The van der Waals surface area contributed by atoms with Crippen molar-refractivity contribution in [3.05, 3.63) is 35.4 Å². The summed E-state index contributed by atoms with van der Waals surface area (Å²) in [6.07, 6.45) is 6.58. The molecule has 0 heterocycles. The Morgan fingerprint density at radius 3 is 2.30 bits per heavy atom. The van der Waals surface area contributed by atoms with Gasteiger partial charge in [-0.05, 0) is 48.3 Å². The topological polar surface area (TPSA) is 12.0 Å². The van der Waals surface area contributed by atoms with Crippen LogP contribution in [0.15, 0.2) is 24.3 Å². The summed E-state index contributed by atoms with van der Waals surface area (Å²) in [6, 6.07) is 9.94. The van der Waals surface area contributed by atoms with Crippen molar-refractivity contribution in [2.24, 2.45) is 5.92 Å². The highest BCUT2D eigenvalue weighted by atomic mass is 14.9. The first-order valence-corrected chi connectivity index (χ1v) is 8.40. The van der Waals surface area contributed by atoms with Gasteiger partial charge in [-0.1, -0.05) is 64.8 Å². The Morgan fingerprint density at radius 1 is 1.15 bits per heavy atom. The van der Waals surface area contributed by atoms with Crippen LogP contribution < -0.4 is 5.32 Å². The molecular weight excluding hydrogens is 242 g/mol. The van der Waals surface area contributed by atoms with Gasteiger partial charge in [-0.25, -0.2) is 0 Å². The van der Waals surface area contributed by atoms with E-state index < -0.39 is 0 Å². The second kappa shape index (κ2) is 6.76. The van der Waals surface area contributed by atoms with E-state index in [4.69, 9.17) is 0 Å². The molecule has 1 aliphatic carbocycles. The van der Waals surface area contributed by atoms with Gasteiger partial charge in [-0.3, -0.25) is 0 Å². The Kier molecular flexibility index (Phi) is 5.26. The Morgan fingerprint density at radius 2 is 1.80 bits per heavy atom. The molecule has 0 aliphatic heterocycles. The molecule has 1 N–H and O–H groups in total. The molecule has 0 amide bonds.